The minimum absolute atomic E-state index is 0.173. The van der Waals surface area contributed by atoms with Gasteiger partial charge < -0.3 is 24.4 Å². The lowest BCUT2D eigenvalue weighted by atomic mass is 10.1. The van der Waals surface area contributed by atoms with E-state index in [0.717, 1.165) is 11.1 Å². The fourth-order valence-corrected chi connectivity index (χ4v) is 3.16. The van der Waals surface area contributed by atoms with E-state index in [1.165, 1.54) is 0 Å². The number of rotatable bonds is 4. The summed E-state index contributed by atoms with van der Waals surface area (Å²) >= 11 is 0. The van der Waals surface area contributed by atoms with Gasteiger partial charge in [0.2, 0.25) is 6.79 Å². The zero-order valence-electron chi connectivity index (χ0n) is 16.1. The second kappa shape index (κ2) is 8.36. The molecule has 0 bridgehead atoms. The summed E-state index contributed by atoms with van der Waals surface area (Å²) in [5.74, 6) is 0.693. The molecule has 7 nitrogen and oxygen atoms in total. The number of benzene rings is 2. The van der Waals surface area contributed by atoms with Crippen molar-refractivity contribution >= 4 is 17.9 Å². The Hall–Kier alpha value is -3.32. The Morgan fingerprint density at radius 3 is 2.48 bits per heavy atom. The molecule has 2 heterocycles. The summed E-state index contributed by atoms with van der Waals surface area (Å²) in [5.41, 5.74) is 2.48. The summed E-state index contributed by atoms with van der Waals surface area (Å²) < 4.78 is 16.1. The predicted octanol–water partition coefficient (Wildman–Crippen LogP) is 2.35. The van der Waals surface area contributed by atoms with Crippen LogP contribution >= 0.6 is 0 Å². The average Bonchev–Trinajstić information content (AvgIpc) is 3.21. The van der Waals surface area contributed by atoms with Gasteiger partial charge in [0.15, 0.2) is 11.5 Å². The van der Waals surface area contributed by atoms with E-state index in [1.807, 2.05) is 25.1 Å². The van der Waals surface area contributed by atoms with Gasteiger partial charge in [-0.2, -0.15) is 0 Å². The van der Waals surface area contributed by atoms with Gasteiger partial charge in [-0.3, -0.25) is 9.59 Å². The molecule has 0 unspecified atom stereocenters. The lowest BCUT2D eigenvalue weighted by Gasteiger charge is -2.27. The zero-order valence-corrected chi connectivity index (χ0v) is 16.1. The van der Waals surface area contributed by atoms with E-state index >= 15 is 0 Å². The fourth-order valence-electron chi connectivity index (χ4n) is 3.16. The number of hydrogen-bond donors (Lipinski definition) is 1. The molecule has 2 aliphatic rings. The van der Waals surface area contributed by atoms with E-state index in [9.17, 15) is 9.59 Å². The monoisotopic (exact) mass is 394 g/mol. The van der Waals surface area contributed by atoms with Gasteiger partial charge in [0.05, 0.1) is 13.2 Å². The van der Waals surface area contributed by atoms with E-state index < -0.39 is 0 Å². The second-order valence-corrected chi connectivity index (χ2v) is 6.90. The third-order valence-electron chi connectivity index (χ3n) is 4.80. The lowest BCUT2D eigenvalue weighted by molar-refractivity contribution is -0.131. The number of carbonyl (C=O) groups is 2. The molecule has 2 amide bonds. The van der Waals surface area contributed by atoms with Crippen molar-refractivity contribution in [3.05, 3.63) is 64.9 Å². The highest BCUT2D eigenvalue weighted by molar-refractivity contribution is 6.05. The SMILES string of the molecule is Cc1ccc(C(=O)N/C(=C/c2ccc3c(c2)OCO3)C(=O)N2CCOCC2)cc1. The first-order valence-electron chi connectivity index (χ1n) is 9.46. The highest BCUT2D eigenvalue weighted by Crippen LogP contribution is 2.33. The molecular formula is C22H22N2O5. The van der Waals surface area contributed by atoms with Crippen molar-refractivity contribution in [3.8, 4) is 11.5 Å². The molecule has 2 aromatic rings. The van der Waals surface area contributed by atoms with Gasteiger partial charge in [-0.1, -0.05) is 23.8 Å². The van der Waals surface area contributed by atoms with E-state index in [2.05, 4.69) is 5.32 Å². The van der Waals surface area contributed by atoms with Crippen LogP contribution in [0.15, 0.2) is 48.2 Å². The summed E-state index contributed by atoms with van der Waals surface area (Å²) in [5, 5.41) is 2.78. The number of amides is 2. The van der Waals surface area contributed by atoms with E-state index in [4.69, 9.17) is 14.2 Å². The molecule has 1 N–H and O–H groups in total. The highest BCUT2D eigenvalue weighted by atomic mass is 16.7. The first kappa shape index (κ1) is 19.0. The van der Waals surface area contributed by atoms with Crippen LogP contribution in [0.25, 0.3) is 6.08 Å². The van der Waals surface area contributed by atoms with Crippen molar-refractivity contribution in [2.45, 2.75) is 6.92 Å². The quantitative estimate of drug-likeness (QED) is 0.806. The maximum absolute atomic E-state index is 13.1. The molecule has 29 heavy (non-hydrogen) atoms. The summed E-state index contributed by atoms with van der Waals surface area (Å²) in [6.45, 7) is 4.06. The van der Waals surface area contributed by atoms with Crippen molar-refractivity contribution in [3.63, 3.8) is 0 Å². The standard InChI is InChI=1S/C22H22N2O5/c1-15-2-5-17(6-3-15)21(25)23-18(22(26)24-8-10-27-11-9-24)12-16-4-7-19-20(13-16)29-14-28-19/h2-7,12-13H,8-11,14H2,1H3,(H,23,25)/b18-12+. The largest absolute Gasteiger partial charge is 0.454 e. The smallest absolute Gasteiger partial charge is 0.270 e. The van der Waals surface area contributed by atoms with Crippen molar-refractivity contribution in [2.75, 3.05) is 33.1 Å². The van der Waals surface area contributed by atoms with Gasteiger partial charge in [0.1, 0.15) is 5.70 Å². The number of hydrogen-bond acceptors (Lipinski definition) is 5. The summed E-state index contributed by atoms with van der Waals surface area (Å²) in [6.07, 6.45) is 1.66. The molecule has 0 saturated carbocycles. The van der Waals surface area contributed by atoms with E-state index in [-0.39, 0.29) is 24.3 Å². The molecule has 0 radical (unpaired) electrons. The van der Waals surface area contributed by atoms with Crippen LogP contribution in [0.5, 0.6) is 11.5 Å². The number of fused-ring (bicyclic) bond motifs is 1. The summed E-state index contributed by atoms with van der Waals surface area (Å²) in [4.78, 5) is 27.5. The maximum atomic E-state index is 13.1. The summed E-state index contributed by atoms with van der Waals surface area (Å²) in [6, 6.07) is 12.6. The molecule has 0 aromatic heterocycles. The molecule has 150 valence electrons. The van der Waals surface area contributed by atoms with E-state index in [1.54, 1.807) is 35.2 Å². The Bertz CT molecular complexity index is 946. The van der Waals surface area contributed by atoms with Crippen LogP contribution in [0.4, 0.5) is 0 Å². The van der Waals surface area contributed by atoms with Crippen LogP contribution in [-0.2, 0) is 9.53 Å². The van der Waals surface area contributed by atoms with Gasteiger partial charge in [-0.05, 0) is 42.8 Å². The zero-order chi connectivity index (χ0) is 20.2. The number of carbonyl (C=O) groups excluding carboxylic acids is 2. The number of aryl methyl sites for hydroxylation is 1. The Kier molecular flexibility index (Phi) is 5.48. The van der Waals surface area contributed by atoms with Gasteiger partial charge in [0, 0.05) is 18.7 Å². The molecule has 4 rings (SSSR count). The molecule has 7 heteroatoms. The van der Waals surface area contributed by atoms with Crippen LogP contribution in [-0.4, -0.2) is 49.8 Å². The van der Waals surface area contributed by atoms with Crippen LogP contribution < -0.4 is 14.8 Å². The normalized spacial score (nSPS) is 15.9. The van der Waals surface area contributed by atoms with Crippen LogP contribution in [0.2, 0.25) is 0 Å². The van der Waals surface area contributed by atoms with Gasteiger partial charge in [-0.25, -0.2) is 0 Å². The summed E-state index contributed by atoms with van der Waals surface area (Å²) in [7, 11) is 0. The molecule has 0 aliphatic carbocycles. The number of nitrogens with one attached hydrogen (secondary N) is 1. The number of nitrogens with zero attached hydrogens (tertiary/aromatic N) is 1. The third kappa shape index (κ3) is 4.41. The molecule has 1 fully saturated rings. The van der Waals surface area contributed by atoms with Crippen LogP contribution in [0, 0.1) is 6.92 Å². The minimum atomic E-state index is -0.335. The maximum Gasteiger partial charge on any atom is 0.270 e. The Morgan fingerprint density at radius 1 is 1.00 bits per heavy atom. The number of ether oxygens (including phenoxy) is 3. The minimum Gasteiger partial charge on any atom is -0.454 e. The molecule has 2 aromatic carbocycles. The molecule has 2 aliphatic heterocycles. The van der Waals surface area contributed by atoms with Gasteiger partial charge in [0.25, 0.3) is 11.8 Å². The predicted molar refractivity (Wildman–Crippen MR) is 107 cm³/mol. The Labute approximate surface area is 168 Å². The Balaban J connectivity index is 1.62. The first-order chi connectivity index (χ1) is 14.1. The molecule has 1 saturated heterocycles. The van der Waals surface area contributed by atoms with E-state index in [0.29, 0.717) is 43.4 Å². The lowest BCUT2D eigenvalue weighted by Crippen LogP contribution is -2.44. The molecular weight excluding hydrogens is 372 g/mol. The third-order valence-corrected chi connectivity index (χ3v) is 4.80. The van der Waals surface area contributed by atoms with Crippen LogP contribution in [0.1, 0.15) is 21.5 Å². The van der Waals surface area contributed by atoms with Gasteiger partial charge in [-0.15, -0.1) is 0 Å². The fraction of sp³-hybridized carbons (Fsp3) is 0.273. The second-order valence-electron chi connectivity index (χ2n) is 6.90. The Morgan fingerprint density at radius 2 is 1.72 bits per heavy atom. The van der Waals surface area contributed by atoms with Gasteiger partial charge >= 0.3 is 0 Å². The highest BCUT2D eigenvalue weighted by Gasteiger charge is 2.23. The first-order valence-corrected chi connectivity index (χ1v) is 9.46. The molecule has 0 spiro atoms. The van der Waals surface area contributed by atoms with Crippen molar-refractivity contribution in [2.24, 2.45) is 0 Å². The molecule has 0 atom stereocenters. The van der Waals surface area contributed by atoms with Crippen LogP contribution in [0.3, 0.4) is 0 Å². The number of morpholine rings is 1. The average molecular weight is 394 g/mol. The topological polar surface area (TPSA) is 77.1 Å². The van der Waals surface area contributed by atoms with Crippen molar-refractivity contribution in [1.29, 1.82) is 0 Å². The van der Waals surface area contributed by atoms with Crippen molar-refractivity contribution < 1.29 is 23.8 Å². The van der Waals surface area contributed by atoms with Crippen molar-refractivity contribution in [1.82, 2.24) is 10.2 Å².